The number of nitrogens with two attached hydrogens (primary N) is 1. The third-order valence-corrected chi connectivity index (χ3v) is 3.40. The number of amides is 2. The van der Waals surface area contributed by atoms with Gasteiger partial charge < -0.3 is 10.1 Å². The first-order valence-electron chi connectivity index (χ1n) is 6.80. The number of fused-ring (bicyclic) bond motifs is 1. The van der Waals surface area contributed by atoms with Crippen molar-refractivity contribution in [3.05, 3.63) is 48.0 Å². The van der Waals surface area contributed by atoms with Crippen LogP contribution in [-0.2, 0) is 9.53 Å². The van der Waals surface area contributed by atoms with E-state index in [1.165, 1.54) is 23.4 Å². The minimum absolute atomic E-state index is 0.111. The number of hydrogen-bond donors (Lipinski definition) is 2. The first kappa shape index (κ1) is 15.0. The smallest absolute Gasteiger partial charge is 0.413 e. The summed E-state index contributed by atoms with van der Waals surface area (Å²) < 4.78 is 4.39. The van der Waals surface area contributed by atoms with E-state index in [9.17, 15) is 9.59 Å². The van der Waals surface area contributed by atoms with Crippen molar-refractivity contribution in [1.82, 2.24) is 5.32 Å². The van der Waals surface area contributed by atoms with Crippen LogP contribution in [0.3, 0.4) is 0 Å². The summed E-state index contributed by atoms with van der Waals surface area (Å²) >= 11 is 0. The number of carbonyl (C=O) groups excluding carboxylic acids is 2. The zero-order valence-electron chi connectivity index (χ0n) is 12.1. The Morgan fingerprint density at radius 1 is 1.19 bits per heavy atom. The van der Waals surface area contributed by atoms with Gasteiger partial charge >= 0.3 is 6.09 Å². The highest BCUT2D eigenvalue weighted by Crippen LogP contribution is 2.21. The van der Waals surface area contributed by atoms with Crippen LogP contribution in [0.1, 0.15) is 18.5 Å². The van der Waals surface area contributed by atoms with Gasteiger partial charge in [0.1, 0.15) is 6.04 Å². The predicted octanol–water partition coefficient (Wildman–Crippen LogP) is 1.35. The molecule has 1 atom stereocenters. The van der Waals surface area contributed by atoms with E-state index in [0.717, 1.165) is 0 Å². The zero-order chi connectivity index (χ0) is 15.2. The average Bonchev–Trinajstić information content (AvgIpc) is 2.51. The molecule has 0 aromatic heterocycles. The van der Waals surface area contributed by atoms with Crippen LogP contribution < -0.4 is 10.6 Å². The second-order valence-electron chi connectivity index (χ2n) is 4.84. The maximum Gasteiger partial charge on any atom is 0.413 e. The monoisotopic (exact) mass is 287 g/mol. The summed E-state index contributed by atoms with van der Waals surface area (Å²) in [5.41, 5.74) is 1.17. The number of benzene rings is 2. The fraction of sp³-hybridized carbons (Fsp3) is 0.250. The van der Waals surface area contributed by atoms with E-state index >= 15 is 0 Å². The Kier molecular flexibility index (Phi) is 4.90. The third-order valence-electron chi connectivity index (χ3n) is 3.40. The summed E-state index contributed by atoms with van der Waals surface area (Å²) in [6, 6.07) is 14.4. The molecule has 2 amide bonds. The lowest BCUT2D eigenvalue weighted by Crippen LogP contribution is -2.87. The number of hydrogen-bond acceptors (Lipinski definition) is 3. The normalized spacial score (nSPS) is 11.9. The average molecular weight is 287 g/mol. The molecule has 0 aliphatic carbocycles. The highest BCUT2D eigenvalue weighted by Gasteiger charge is 2.15. The van der Waals surface area contributed by atoms with Crippen LogP contribution in [0.5, 0.6) is 0 Å². The Bertz CT molecular complexity index is 650. The molecule has 110 valence electrons. The number of ether oxygens (including phenoxy) is 1. The molecule has 0 unspecified atom stereocenters. The van der Waals surface area contributed by atoms with Crippen molar-refractivity contribution in [2.45, 2.75) is 13.0 Å². The van der Waals surface area contributed by atoms with Gasteiger partial charge in [0, 0.05) is 5.56 Å². The summed E-state index contributed by atoms with van der Waals surface area (Å²) in [5, 5.41) is 6.38. The van der Waals surface area contributed by atoms with Gasteiger partial charge in [-0.25, -0.2) is 4.79 Å². The van der Waals surface area contributed by atoms with Crippen LogP contribution in [-0.4, -0.2) is 25.7 Å². The molecule has 21 heavy (non-hydrogen) atoms. The standard InChI is InChI=1S/C16H18N2O3/c1-11(17-10-15(19)18-16(20)21-2)13-9-5-7-12-6-3-4-8-14(12)13/h3-9,11,17H,10H2,1-2H3,(H,18,19,20)/p+1/t11-/m0/s1. The lowest BCUT2D eigenvalue weighted by Gasteiger charge is -2.13. The van der Waals surface area contributed by atoms with Crippen LogP contribution in [0.2, 0.25) is 0 Å². The second kappa shape index (κ2) is 6.85. The van der Waals surface area contributed by atoms with Gasteiger partial charge in [0.25, 0.3) is 5.91 Å². The molecule has 5 heteroatoms. The molecule has 0 radical (unpaired) electrons. The number of rotatable bonds is 4. The van der Waals surface area contributed by atoms with E-state index in [2.05, 4.69) is 34.3 Å². The molecular weight excluding hydrogens is 268 g/mol. The molecule has 0 saturated heterocycles. The molecular formula is C16H19N2O3+. The van der Waals surface area contributed by atoms with Gasteiger partial charge in [-0.2, -0.15) is 0 Å². The summed E-state index contributed by atoms with van der Waals surface area (Å²) in [6.45, 7) is 2.20. The molecule has 0 aliphatic rings. The number of methoxy groups -OCH3 is 1. The minimum atomic E-state index is -0.730. The lowest BCUT2D eigenvalue weighted by atomic mass is 10.00. The highest BCUT2D eigenvalue weighted by atomic mass is 16.5. The fourth-order valence-corrected chi connectivity index (χ4v) is 2.27. The van der Waals surface area contributed by atoms with Gasteiger partial charge in [-0.05, 0) is 17.7 Å². The second-order valence-corrected chi connectivity index (χ2v) is 4.84. The van der Waals surface area contributed by atoms with E-state index in [0.29, 0.717) is 0 Å². The molecule has 5 nitrogen and oxygen atoms in total. The van der Waals surface area contributed by atoms with Crippen LogP contribution in [0.4, 0.5) is 4.79 Å². The Balaban J connectivity index is 2.04. The van der Waals surface area contributed by atoms with Crippen molar-refractivity contribution in [3.63, 3.8) is 0 Å². The van der Waals surface area contributed by atoms with Crippen molar-refractivity contribution in [3.8, 4) is 0 Å². The molecule has 2 rings (SSSR count). The maximum atomic E-state index is 11.6. The van der Waals surface area contributed by atoms with Crippen LogP contribution in [0.15, 0.2) is 42.5 Å². The molecule has 0 spiro atoms. The number of carbonyl (C=O) groups is 2. The van der Waals surface area contributed by atoms with Gasteiger partial charge in [-0.15, -0.1) is 0 Å². The van der Waals surface area contributed by atoms with Gasteiger partial charge in [-0.1, -0.05) is 42.5 Å². The first-order valence-corrected chi connectivity index (χ1v) is 6.80. The van der Waals surface area contributed by atoms with Crippen LogP contribution >= 0.6 is 0 Å². The van der Waals surface area contributed by atoms with E-state index in [1.54, 1.807) is 0 Å². The zero-order valence-corrected chi connectivity index (χ0v) is 12.1. The Morgan fingerprint density at radius 2 is 1.90 bits per heavy atom. The summed E-state index contributed by atoms with van der Waals surface area (Å²) in [6.07, 6.45) is -0.730. The number of imide groups is 1. The Labute approximate surface area is 123 Å². The van der Waals surface area contributed by atoms with Crippen molar-refractivity contribution in [1.29, 1.82) is 0 Å². The van der Waals surface area contributed by atoms with E-state index in [4.69, 9.17) is 0 Å². The molecule has 3 N–H and O–H groups in total. The summed E-state index contributed by atoms with van der Waals surface area (Å²) in [7, 11) is 1.23. The van der Waals surface area contributed by atoms with Gasteiger partial charge in [-0.3, -0.25) is 10.1 Å². The largest absolute Gasteiger partial charge is 0.453 e. The predicted molar refractivity (Wildman–Crippen MR) is 79.7 cm³/mol. The molecule has 2 aromatic rings. The van der Waals surface area contributed by atoms with Crippen molar-refractivity contribution < 1.29 is 19.6 Å². The number of alkyl carbamates (subject to hydrolysis) is 1. The SMILES string of the molecule is COC(=O)NC(=O)C[NH2+][C@@H](C)c1cccc2ccccc12. The van der Waals surface area contributed by atoms with Crippen LogP contribution in [0.25, 0.3) is 10.8 Å². The molecule has 0 heterocycles. The van der Waals surface area contributed by atoms with Gasteiger partial charge in [0.15, 0.2) is 6.54 Å². The Morgan fingerprint density at radius 3 is 2.67 bits per heavy atom. The van der Waals surface area contributed by atoms with Crippen LogP contribution in [0, 0.1) is 0 Å². The van der Waals surface area contributed by atoms with E-state index < -0.39 is 6.09 Å². The van der Waals surface area contributed by atoms with Gasteiger partial charge in [0.05, 0.1) is 7.11 Å². The summed E-state index contributed by atoms with van der Waals surface area (Å²) in [5.74, 6) is -0.367. The quantitative estimate of drug-likeness (QED) is 0.891. The number of nitrogens with one attached hydrogen (secondary N) is 1. The fourth-order valence-electron chi connectivity index (χ4n) is 2.27. The van der Waals surface area contributed by atoms with E-state index in [-0.39, 0.29) is 18.5 Å². The molecule has 2 aromatic carbocycles. The highest BCUT2D eigenvalue weighted by molar-refractivity contribution is 5.92. The minimum Gasteiger partial charge on any atom is -0.453 e. The van der Waals surface area contributed by atoms with Crippen molar-refractivity contribution in [2.75, 3.05) is 13.7 Å². The van der Waals surface area contributed by atoms with Crippen molar-refractivity contribution >= 4 is 22.8 Å². The van der Waals surface area contributed by atoms with E-state index in [1.807, 2.05) is 30.4 Å². The molecule has 0 aliphatic heterocycles. The maximum absolute atomic E-state index is 11.6. The molecule has 0 saturated carbocycles. The number of quaternary nitrogens is 1. The molecule has 0 bridgehead atoms. The lowest BCUT2D eigenvalue weighted by molar-refractivity contribution is -0.682. The third kappa shape index (κ3) is 3.79. The first-order chi connectivity index (χ1) is 10.1. The Hall–Kier alpha value is -2.40. The molecule has 0 fully saturated rings. The van der Waals surface area contributed by atoms with Crippen molar-refractivity contribution in [2.24, 2.45) is 0 Å². The topological polar surface area (TPSA) is 72.0 Å². The summed E-state index contributed by atoms with van der Waals surface area (Å²) in [4.78, 5) is 22.5. The van der Waals surface area contributed by atoms with Gasteiger partial charge in [0.2, 0.25) is 0 Å².